The molecule has 1 heterocycles. The van der Waals surface area contributed by atoms with Crippen molar-refractivity contribution in [1.29, 1.82) is 0 Å². The van der Waals surface area contributed by atoms with Gasteiger partial charge in [0.2, 0.25) is 6.29 Å². The minimum Gasteiger partial charge on any atom is -0.479 e. The van der Waals surface area contributed by atoms with Gasteiger partial charge in [-0.3, -0.25) is 0 Å². The van der Waals surface area contributed by atoms with Crippen LogP contribution < -0.4 is 4.74 Å². The van der Waals surface area contributed by atoms with Crippen molar-refractivity contribution in [2.45, 2.75) is 56.3 Å². The third-order valence-electron chi connectivity index (χ3n) is 5.28. The largest absolute Gasteiger partial charge is 0.479 e. The van der Waals surface area contributed by atoms with Crippen molar-refractivity contribution in [3.05, 3.63) is 64.7 Å². The number of esters is 1. The second kappa shape index (κ2) is 10.3. The molecular weight excluding hydrogens is 472 g/mol. The number of carbonyl (C=O) groups is 2. The zero-order valence-corrected chi connectivity index (χ0v) is 19.0. The summed E-state index contributed by atoms with van der Waals surface area (Å²) in [6.45, 7) is 2.75. The predicted octanol–water partition coefficient (Wildman–Crippen LogP) is 1.01. The van der Waals surface area contributed by atoms with Crippen LogP contribution in [0.15, 0.2) is 48.5 Å². The quantitative estimate of drug-likeness (QED) is 0.349. The first kappa shape index (κ1) is 25.9. The number of halogens is 1. The normalized spacial score (nSPS) is 25.9. The van der Waals surface area contributed by atoms with Crippen molar-refractivity contribution in [3.8, 4) is 5.75 Å². The van der Waals surface area contributed by atoms with Crippen LogP contribution in [0.4, 0.5) is 0 Å². The van der Waals surface area contributed by atoms with E-state index in [0.29, 0.717) is 16.1 Å². The molecular formula is C23H25ClO10. The number of carboxylic acid groups (broad SMARTS) is 1. The Bertz CT molecular complexity index is 1010. The van der Waals surface area contributed by atoms with E-state index in [2.05, 4.69) is 0 Å². The van der Waals surface area contributed by atoms with E-state index in [9.17, 15) is 30.0 Å². The summed E-state index contributed by atoms with van der Waals surface area (Å²) in [6, 6.07) is 13.0. The monoisotopic (exact) mass is 496 g/mol. The number of ether oxygens (including phenoxy) is 3. The minimum absolute atomic E-state index is 0.262. The maximum Gasteiger partial charge on any atom is 0.352 e. The first-order chi connectivity index (χ1) is 15.9. The first-order valence-electron chi connectivity index (χ1n) is 10.3. The summed E-state index contributed by atoms with van der Waals surface area (Å²) in [7, 11) is 0. The van der Waals surface area contributed by atoms with Crippen molar-refractivity contribution in [3.63, 3.8) is 0 Å². The van der Waals surface area contributed by atoms with Gasteiger partial charge in [0.05, 0.1) is 0 Å². The van der Waals surface area contributed by atoms with Crippen LogP contribution in [0, 0.1) is 0 Å². The first-order valence-corrected chi connectivity index (χ1v) is 10.6. The van der Waals surface area contributed by atoms with E-state index in [1.165, 1.54) is 26.0 Å². The lowest BCUT2D eigenvalue weighted by Gasteiger charge is -2.39. The number of carboxylic acids is 1. The van der Waals surface area contributed by atoms with E-state index in [1.54, 1.807) is 36.4 Å². The van der Waals surface area contributed by atoms with Gasteiger partial charge >= 0.3 is 11.9 Å². The van der Waals surface area contributed by atoms with E-state index in [0.717, 1.165) is 0 Å². The molecule has 0 saturated carbocycles. The number of aliphatic hydroxyl groups is 4. The molecule has 1 aliphatic rings. The van der Waals surface area contributed by atoms with Crippen molar-refractivity contribution < 1.29 is 49.3 Å². The van der Waals surface area contributed by atoms with Crippen molar-refractivity contribution in [1.82, 2.24) is 0 Å². The van der Waals surface area contributed by atoms with Crippen LogP contribution in [-0.4, -0.2) is 73.8 Å². The van der Waals surface area contributed by atoms with Gasteiger partial charge in [0.15, 0.2) is 11.7 Å². The molecule has 34 heavy (non-hydrogen) atoms. The Labute approximate surface area is 199 Å². The van der Waals surface area contributed by atoms with Crippen LogP contribution in [0.5, 0.6) is 5.75 Å². The van der Waals surface area contributed by atoms with E-state index >= 15 is 0 Å². The van der Waals surface area contributed by atoms with E-state index in [4.69, 9.17) is 30.9 Å². The van der Waals surface area contributed by atoms with Gasteiger partial charge in [0.1, 0.15) is 30.2 Å². The highest BCUT2D eigenvalue weighted by Crippen LogP contribution is 2.28. The molecule has 1 fully saturated rings. The molecule has 0 spiro atoms. The Hall–Kier alpha value is -2.73. The van der Waals surface area contributed by atoms with Crippen LogP contribution in [0.1, 0.15) is 31.1 Å². The summed E-state index contributed by atoms with van der Waals surface area (Å²) in [5.74, 6) is -2.36. The Morgan fingerprint density at radius 3 is 2.00 bits per heavy atom. The molecule has 0 aromatic heterocycles. The molecule has 1 saturated heterocycles. The molecule has 184 valence electrons. The van der Waals surface area contributed by atoms with E-state index in [-0.39, 0.29) is 5.75 Å². The Morgan fingerprint density at radius 1 is 0.941 bits per heavy atom. The van der Waals surface area contributed by atoms with Crippen molar-refractivity contribution >= 4 is 23.5 Å². The molecule has 5 N–H and O–H groups in total. The summed E-state index contributed by atoms with van der Waals surface area (Å²) < 4.78 is 15.7. The number of carbonyl (C=O) groups excluding carboxylic acids is 1. The lowest BCUT2D eigenvalue weighted by molar-refractivity contribution is -0.289. The Balaban J connectivity index is 1.66. The second-order valence-corrected chi connectivity index (χ2v) is 8.71. The highest BCUT2D eigenvalue weighted by atomic mass is 35.5. The maximum atomic E-state index is 12.7. The number of aliphatic hydroxyl groups excluding tert-OH is 4. The van der Waals surface area contributed by atoms with Crippen LogP contribution in [0.25, 0.3) is 0 Å². The molecule has 10 nitrogen and oxygen atoms in total. The van der Waals surface area contributed by atoms with Gasteiger partial charge in [-0.05, 0) is 49.2 Å². The van der Waals surface area contributed by atoms with Crippen molar-refractivity contribution in [2.24, 2.45) is 0 Å². The number of benzene rings is 2. The molecule has 0 bridgehead atoms. The standard InChI is InChI=1S/C23H25ClO10/c1-23(2,22(31)33-21-18(28)16(26)17(27)19(32-21)20(29)30)34-14-9-5-12(6-10-14)15(25)11-3-7-13(24)8-4-11/h3-10,15-19,21,25-28H,1-2H3,(H,29,30)/t15?,16-,17-,18+,19-,21-/m0/s1. The van der Waals surface area contributed by atoms with E-state index < -0.39 is 54.3 Å². The number of hydrogen-bond acceptors (Lipinski definition) is 9. The smallest absolute Gasteiger partial charge is 0.352 e. The molecule has 2 aromatic rings. The predicted molar refractivity (Wildman–Crippen MR) is 117 cm³/mol. The summed E-state index contributed by atoms with van der Waals surface area (Å²) in [5, 5.41) is 49.8. The highest BCUT2D eigenvalue weighted by molar-refractivity contribution is 6.30. The van der Waals surface area contributed by atoms with Gasteiger partial charge in [-0.25, -0.2) is 9.59 Å². The van der Waals surface area contributed by atoms with Crippen LogP contribution in [-0.2, 0) is 19.1 Å². The lowest BCUT2D eigenvalue weighted by Crippen LogP contribution is -2.61. The third-order valence-corrected chi connectivity index (χ3v) is 5.53. The van der Waals surface area contributed by atoms with Crippen LogP contribution in [0.2, 0.25) is 5.02 Å². The fourth-order valence-corrected chi connectivity index (χ4v) is 3.41. The Morgan fingerprint density at radius 2 is 1.47 bits per heavy atom. The average molecular weight is 497 g/mol. The fraction of sp³-hybridized carbons (Fsp3) is 0.391. The average Bonchev–Trinajstić information content (AvgIpc) is 2.79. The molecule has 0 radical (unpaired) electrons. The summed E-state index contributed by atoms with van der Waals surface area (Å²) in [4.78, 5) is 23.9. The number of aliphatic carboxylic acids is 1. The van der Waals surface area contributed by atoms with Crippen LogP contribution in [0.3, 0.4) is 0 Å². The SMILES string of the molecule is CC(C)(Oc1ccc(C(O)c2ccc(Cl)cc2)cc1)C(=O)O[C@@H]1O[C@H](C(=O)O)[C@@H](O)[C@H](O)[C@H]1O. The summed E-state index contributed by atoms with van der Waals surface area (Å²) >= 11 is 5.87. The Kier molecular flexibility index (Phi) is 7.81. The molecule has 1 aliphatic heterocycles. The maximum absolute atomic E-state index is 12.7. The van der Waals surface area contributed by atoms with Gasteiger partial charge in [0, 0.05) is 5.02 Å². The minimum atomic E-state index is -1.91. The lowest BCUT2D eigenvalue weighted by atomic mass is 9.99. The molecule has 2 aromatic carbocycles. The fourth-order valence-electron chi connectivity index (χ4n) is 3.29. The van der Waals surface area contributed by atoms with Gasteiger partial charge in [-0.15, -0.1) is 0 Å². The number of hydrogen-bond donors (Lipinski definition) is 5. The zero-order valence-electron chi connectivity index (χ0n) is 18.2. The molecule has 11 heteroatoms. The third kappa shape index (κ3) is 5.66. The van der Waals surface area contributed by atoms with Gasteiger partial charge in [0.25, 0.3) is 0 Å². The van der Waals surface area contributed by atoms with Crippen LogP contribution >= 0.6 is 11.6 Å². The molecule has 0 amide bonds. The zero-order chi connectivity index (χ0) is 25.2. The van der Waals surface area contributed by atoms with E-state index in [1.807, 2.05) is 0 Å². The summed E-state index contributed by atoms with van der Waals surface area (Å²) in [5.41, 5.74) is -0.403. The number of rotatable bonds is 7. The van der Waals surface area contributed by atoms with Gasteiger partial charge in [-0.1, -0.05) is 35.9 Å². The van der Waals surface area contributed by atoms with Gasteiger partial charge < -0.3 is 39.7 Å². The topological polar surface area (TPSA) is 163 Å². The van der Waals surface area contributed by atoms with Gasteiger partial charge in [-0.2, -0.15) is 0 Å². The molecule has 3 rings (SSSR count). The second-order valence-electron chi connectivity index (χ2n) is 8.28. The molecule has 6 atom stereocenters. The molecule has 1 unspecified atom stereocenters. The van der Waals surface area contributed by atoms with Crippen molar-refractivity contribution in [2.75, 3.05) is 0 Å². The summed E-state index contributed by atoms with van der Waals surface area (Å²) in [6.07, 6.45) is -10.3. The highest BCUT2D eigenvalue weighted by Gasteiger charge is 2.49. The molecule has 0 aliphatic carbocycles.